The topological polar surface area (TPSA) is 38.5 Å². The molecule has 0 bridgehead atoms. The third-order valence-electron chi connectivity index (χ3n) is 3.75. The Balaban J connectivity index is 2.14. The van der Waals surface area contributed by atoms with Crippen LogP contribution >= 0.6 is 15.9 Å². The summed E-state index contributed by atoms with van der Waals surface area (Å²) in [4.78, 5) is 2.41. The number of ether oxygens (including phenoxy) is 1. The normalized spacial score (nSPS) is 19.1. The van der Waals surface area contributed by atoms with Crippen LogP contribution in [0, 0.1) is 0 Å². The standard InChI is InChI=1S/C14H21BrN2O/c1-17(11-6-8-18-9-7-11)14(10-16)12-4-2-3-5-13(12)15/h2-5,11,14H,6-10,16H2,1H3. The molecule has 0 amide bonds. The smallest absolute Gasteiger partial charge is 0.0481 e. The number of likely N-dealkylation sites (N-methyl/N-ethyl adjacent to an activating group) is 1. The zero-order valence-electron chi connectivity index (χ0n) is 10.8. The van der Waals surface area contributed by atoms with Crippen molar-refractivity contribution in [2.24, 2.45) is 5.73 Å². The summed E-state index contributed by atoms with van der Waals surface area (Å²) in [6.45, 7) is 2.36. The molecule has 0 spiro atoms. The lowest BCUT2D eigenvalue weighted by atomic mass is 10.0. The third-order valence-corrected chi connectivity index (χ3v) is 4.47. The van der Waals surface area contributed by atoms with E-state index in [1.165, 1.54) is 5.56 Å². The van der Waals surface area contributed by atoms with E-state index in [0.29, 0.717) is 12.6 Å². The van der Waals surface area contributed by atoms with Crippen LogP contribution in [0.25, 0.3) is 0 Å². The molecule has 3 nitrogen and oxygen atoms in total. The van der Waals surface area contributed by atoms with E-state index in [1.807, 2.05) is 6.07 Å². The largest absolute Gasteiger partial charge is 0.381 e. The van der Waals surface area contributed by atoms with Crippen molar-refractivity contribution in [1.29, 1.82) is 0 Å². The lowest BCUT2D eigenvalue weighted by molar-refractivity contribution is 0.0293. The van der Waals surface area contributed by atoms with Gasteiger partial charge in [-0.1, -0.05) is 34.1 Å². The Morgan fingerprint density at radius 2 is 2.06 bits per heavy atom. The molecule has 1 unspecified atom stereocenters. The van der Waals surface area contributed by atoms with Crippen molar-refractivity contribution in [3.63, 3.8) is 0 Å². The summed E-state index contributed by atoms with van der Waals surface area (Å²) in [5.74, 6) is 0. The van der Waals surface area contributed by atoms with Crippen molar-refractivity contribution in [2.75, 3.05) is 26.8 Å². The van der Waals surface area contributed by atoms with Crippen LogP contribution in [0.15, 0.2) is 28.7 Å². The fourth-order valence-electron chi connectivity index (χ4n) is 2.60. The van der Waals surface area contributed by atoms with Crippen molar-refractivity contribution >= 4 is 15.9 Å². The Labute approximate surface area is 117 Å². The Morgan fingerprint density at radius 3 is 2.67 bits per heavy atom. The highest BCUT2D eigenvalue weighted by Crippen LogP contribution is 2.29. The fraction of sp³-hybridized carbons (Fsp3) is 0.571. The highest BCUT2D eigenvalue weighted by Gasteiger charge is 2.25. The van der Waals surface area contributed by atoms with Gasteiger partial charge in [-0.05, 0) is 31.5 Å². The molecule has 100 valence electrons. The molecule has 1 fully saturated rings. The molecule has 2 rings (SSSR count). The van der Waals surface area contributed by atoms with Crippen LogP contribution in [-0.2, 0) is 4.74 Å². The van der Waals surface area contributed by atoms with Crippen LogP contribution in [0.5, 0.6) is 0 Å². The zero-order chi connectivity index (χ0) is 13.0. The minimum atomic E-state index is 0.267. The molecule has 1 aromatic carbocycles. The predicted octanol–water partition coefficient (Wildman–Crippen LogP) is 2.56. The first-order valence-electron chi connectivity index (χ1n) is 6.48. The molecular formula is C14H21BrN2O. The van der Waals surface area contributed by atoms with Gasteiger partial charge in [-0.25, -0.2) is 0 Å². The third kappa shape index (κ3) is 3.12. The van der Waals surface area contributed by atoms with Gasteiger partial charge in [0.1, 0.15) is 0 Å². The van der Waals surface area contributed by atoms with Gasteiger partial charge in [0.2, 0.25) is 0 Å². The Morgan fingerprint density at radius 1 is 1.39 bits per heavy atom. The summed E-state index contributed by atoms with van der Waals surface area (Å²) >= 11 is 3.62. The second kappa shape index (κ2) is 6.66. The summed E-state index contributed by atoms with van der Waals surface area (Å²) in [5, 5.41) is 0. The number of halogens is 1. The molecule has 1 heterocycles. The maximum Gasteiger partial charge on any atom is 0.0481 e. The summed E-state index contributed by atoms with van der Waals surface area (Å²) in [7, 11) is 2.17. The maximum absolute atomic E-state index is 5.99. The number of nitrogens with two attached hydrogens (primary N) is 1. The molecule has 0 aromatic heterocycles. The van der Waals surface area contributed by atoms with Crippen LogP contribution in [0.3, 0.4) is 0 Å². The van der Waals surface area contributed by atoms with E-state index in [-0.39, 0.29) is 6.04 Å². The molecule has 18 heavy (non-hydrogen) atoms. The van der Waals surface area contributed by atoms with Crippen molar-refractivity contribution in [2.45, 2.75) is 24.9 Å². The summed E-state index contributed by atoms with van der Waals surface area (Å²) < 4.78 is 6.56. The van der Waals surface area contributed by atoms with Gasteiger partial charge in [-0.3, -0.25) is 4.90 Å². The first-order valence-corrected chi connectivity index (χ1v) is 7.27. The van der Waals surface area contributed by atoms with Gasteiger partial charge in [0.25, 0.3) is 0 Å². The van der Waals surface area contributed by atoms with Gasteiger partial charge >= 0.3 is 0 Å². The van der Waals surface area contributed by atoms with Gasteiger partial charge in [0, 0.05) is 36.3 Å². The minimum Gasteiger partial charge on any atom is -0.381 e. The van der Waals surface area contributed by atoms with Crippen LogP contribution in [0.1, 0.15) is 24.4 Å². The lowest BCUT2D eigenvalue weighted by Crippen LogP contribution is -2.41. The quantitative estimate of drug-likeness (QED) is 0.928. The molecule has 2 N–H and O–H groups in total. The van der Waals surface area contributed by atoms with Gasteiger partial charge in [-0.15, -0.1) is 0 Å². The van der Waals surface area contributed by atoms with E-state index in [2.05, 4.69) is 46.1 Å². The van der Waals surface area contributed by atoms with Crippen molar-refractivity contribution in [3.05, 3.63) is 34.3 Å². The van der Waals surface area contributed by atoms with E-state index in [4.69, 9.17) is 10.5 Å². The van der Waals surface area contributed by atoms with Gasteiger partial charge in [0.05, 0.1) is 0 Å². The first-order chi connectivity index (χ1) is 8.74. The van der Waals surface area contributed by atoms with Crippen molar-refractivity contribution < 1.29 is 4.74 Å². The molecule has 1 saturated heterocycles. The molecule has 0 aliphatic carbocycles. The Bertz CT molecular complexity index is 380. The molecule has 1 aliphatic heterocycles. The van der Waals surface area contributed by atoms with E-state index in [1.54, 1.807) is 0 Å². The Hall–Kier alpha value is -0.420. The van der Waals surface area contributed by atoms with Crippen LogP contribution in [-0.4, -0.2) is 37.7 Å². The number of benzene rings is 1. The van der Waals surface area contributed by atoms with Gasteiger partial charge < -0.3 is 10.5 Å². The van der Waals surface area contributed by atoms with Gasteiger partial charge in [0.15, 0.2) is 0 Å². The number of nitrogens with zero attached hydrogens (tertiary/aromatic N) is 1. The molecule has 1 atom stereocenters. The second-order valence-electron chi connectivity index (χ2n) is 4.78. The predicted molar refractivity (Wildman–Crippen MR) is 77.5 cm³/mol. The van der Waals surface area contributed by atoms with E-state index >= 15 is 0 Å². The molecule has 0 radical (unpaired) electrons. The van der Waals surface area contributed by atoms with E-state index < -0.39 is 0 Å². The van der Waals surface area contributed by atoms with Crippen LogP contribution < -0.4 is 5.73 Å². The van der Waals surface area contributed by atoms with Crippen molar-refractivity contribution in [1.82, 2.24) is 4.90 Å². The monoisotopic (exact) mass is 312 g/mol. The molecule has 0 saturated carbocycles. The Kier molecular flexibility index (Phi) is 5.18. The highest BCUT2D eigenvalue weighted by atomic mass is 79.9. The zero-order valence-corrected chi connectivity index (χ0v) is 12.4. The van der Waals surface area contributed by atoms with Crippen LogP contribution in [0.2, 0.25) is 0 Å². The number of hydrogen-bond acceptors (Lipinski definition) is 3. The fourth-order valence-corrected chi connectivity index (χ4v) is 3.15. The number of hydrogen-bond donors (Lipinski definition) is 1. The average molecular weight is 313 g/mol. The van der Waals surface area contributed by atoms with Crippen molar-refractivity contribution in [3.8, 4) is 0 Å². The highest BCUT2D eigenvalue weighted by molar-refractivity contribution is 9.10. The van der Waals surface area contributed by atoms with Gasteiger partial charge in [-0.2, -0.15) is 0 Å². The summed E-state index contributed by atoms with van der Waals surface area (Å²) in [6.07, 6.45) is 2.19. The molecular weight excluding hydrogens is 292 g/mol. The van der Waals surface area contributed by atoms with E-state index in [9.17, 15) is 0 Å². The number of rotatable bonds is 4. The van der Waals surface area contributed by atoms with E-state index in [0.717, 1.165) is 30.5 Å². The maximum atomic E-state index is 5.99. The minimum absolute atomic E-state index is 0.267. The molecule has 1 aliphatic rings. The lowest BCUT2D eigenvalue weighted by Gasteiger charge is -2.37. The SMILES string of the molecule is CN(C1CCOCC1)C(CN)c1ccccc1Br. The molecule has 4 heteroatoms. The average Bonchev–Trinajstić information content (AvgIpc) is 2.42. The summed E-state index contributed by atoms with van der Waals surface area (Å²) in [6, 6.07) is 9.17. The second-order valence-corrected chi connectivity index (χ2v) is 5.64. The summed E-state index contributed by atoms with van der Waals surface area (Å²) in [5.41, 5.74) is 7.26. The molecule has 1 aromatic rings. The first kappa shape index (κ1) is 14.0. The van der Waals surface area contributed by atoms with Crippen LogP contribution in [0.4, 0.5) is 0 Å².